The summed E-state index contributed by atoms with van der Waals surface area (Å²) in [6.45, 7) is 0. The number of carbonyl (C=O) groups excluding carboxylic acids is 2. The molecule has 6 heteroatoms. The van der Waals surface area contributed by atoms with Crippen molar-refractivity contribution in [2.45, 2.75) is 0 Å². The van der Waals surface area contributed by atoms with Crippen molar-refractivity contribution in [1.82, 2.24) is 9.97 Å². The third-order valence-electron chi connectivity index (χ3n) is 2.92. The highest BCUT2D eigenvalue weighted by Gasteiger charge is 2.11. The predicted octanol–water partition coefficient (Wildman–Crippen LogP) is 2.72. The number of benzene rings is 1. The highest BCUT2D eigenvalue weighted by atomic mass is 16.5. The standard InChI is InChI=1S/C18H11N2O4/c21-17(15-5-1-3-11-19-15)23-13-7-9-14(10-8-13)24-18(22)16-6-2-4-12-20-16/h1-9,11-12H. The van der Waals surface area contributed by atoms with E-state index in [1.807, 2.05) is 0 Å². The monoisotopic (exact) mass is 319 g/mol. The summed E-state index contributed by atoms with van der Waals surface area (Å²) in [5.41, 5.74) is 0.389. The Kier molecular flexibility index (Phi) is 4.57. The van der Waals surface area contributed by atoms with Gasteiger partial charge in [-0.3, -0.25) is 0 Å². The van der Waals surface area contributed by atoms with Crippen molar-refractivity contribution < 1.29 is 19.1 Å². The van der Waals surface area contributed by atoms with Crippen molar-refractivity contribution in [3.8, 4) is 11.5 Å². The van der Waals surface area contributed by atoms with Gasteiger partial charge in [-0.1, -0.05) is 12.1 Å². The van der Waals surface area contributed by atoms with Crippen LogP contribution in [0.2, 0.25) is 0 Å². The summed E-state index contributed by atoms with van der Waals surface area (Å²) < 4.78 is 10.3. The molecule has 2 heterocycles. The molecule has 0 saturated heterocycles. The van der Waals surface area contributed by atoms with Gasteiger partial charge < -0.3 is 9.47 Å². The zero-order valence-electron chi connectivity index (χ0n) is 12.4. The normalized spacial score (nSPS) is 10.0. The summed E-state index contributed by atoms with van der Waals surface area (Å²) in [7, 11) is 0. The smallest absolute Gasteiger partial charge is 0.362 e. The first-order valence-electron chi connectivity index (χ1n) is 7.00. The first-order chi connectivity index (χ1) is 11.7. The van der Waals surface area contributed by atoms with Gasteiger partial charge in [0.1, 0.15) is 22.9 Å². The van der Waals surface area contributed by atoms with Gasteiger partial charge in [-0.15, -0.1) is 0 Å². The maximum absolute atomic E-state index is 11.9. The van der Waals surface area contributed by atoms with E-state index in [2.05, 4.69) is 16.0 Å². The lowest BCUT2D eigenvalue weighted by Gasteiger charge is -2.06. The molecule has 2 aromatic heterocycles. The Bertz CT molecular complexity index is 761. The molecule has 1 aromatic carbocycles. The van der Waals surface area contributed by atoms with Gasteiger partial charge in [0.15, 0.2) is 0 Å². The van der Waals surface area contributed by atoms with E-state index in [4.69, 9.17) is 9.47 Å². The topological polar surface area (TPSA) is 78.4 Å². The number of rotatable bonds is 4. The largest absolute Gasteiger partial charge is 0.422 e. The maximum Gasteiger partial charge on any atom is 0.362 e. The van der Waals surface area contributed by atoms with Crippen molar-refractivity contribution in [1.29, 1.82) is 0 Å². The van der Waals surface area contributed by atoms with Crippen LogP contribution in [0, 0.1) is 6.07 Å². The Morgan fingerprint density at radius 2 is 1.42 bits per heavy atom. The highest BCUT2D eigenvalue weighted by Crippen LogP contribution is 2.18. The van der Waals surface area contributed by atoms with Crippen LogP contribution in [0.5, 0.6) is 11.5 Å². The Hall–Kier alpha value is -3.54. The van der Waals surface area contributed by atoms with E-state index in [0.29, 0.717) is 0 Å². The van der Waals surface area contributed by atoms with Crippen molar-refractivity contribution in [3.63, 3.8) is 0 Å². The first-order valence-corrected chi connectivity index (χ1v) is 7.00. The molecule has 117 valence electrons. The zero-order valence-corrected chi connectivity index (χ0v) is 12.4. The van der Waals surface area contributed by atoms with Crippen LogP contribution in [-0.4, -0.2) is 21.9 Å². The van der Waals surface area contributed by atoms with Crippen molar-refractivity contribution in [3.05, 3.63) is 84.4 Å². The Morgan fingerprint density at radius 1 is 0.792 bits per heavy atom. The second-order valence-electron chi connectivity index (χ2n) is 4.60. The SMILES string of the molecule is O=C(Oc1[c]cc(OC(=O)c2ccccn2)cc1)c1ccccn1. The van der Waals surface area contributed by atoms with Gasteiger partial charge in [-0.2, -0.15) is 0 Å². The average Bonchev–Trinajstić information content (AvgIpc) is 2.65. The number of aromatic nitrogens is 2. The van der Waals surface area contributed by atoms with Crippen LogP contribution >= 0.6 is 0 Å². The molecule has 0 N–H and O–H groups in total. The minimum atomic E-state index is -0.593. The van der Waals surface area contributed by atoms with E-state index in [-0.39, 0.29) is 22.9 Å². The van der Waals surface area contributed by atoms with E-state index in [1.54, 1.807) is 36.4 Å². The molecule has 0 aliphatic heterocycles. The molecule has 1 radical (unpaired) electrons. The van der Waals surface area contributed by atoms with Gasteiger partial charge in [0.2, 0.25) is 0 Å². The number of esters is 2. The van der Waals surface area contributed by atoms with E-state index in [9.17, 15) is 9.59 Å². The summed E-state index contributed by atoms with van der Waals surface area (Å²) in [6.07, 6.45) is 3.00. The zero-order chi connectivity index (χ0) is 16.8. The van der Waals surface area contributed by atoms with E-state index >= 15 is 0 Å². The van der Waals surface area contributed by atoms with E-state index in [0.717, 1.165) is 0 Å². The van der Waals surface area contributed by atoms with Crippen LogP contribution in [0.25, 0.3) is 0 Å². The van der Waals surface area contributed by atoms with Crippen molar-refractivity contribution in [2.24, 2.45) is 0 Å². The minimum absolute atomic E-state index is 0.191. The van der Waals surface area contributed by atoms with E-state index < -0.39 is 11.9 Å². The molecule has 3 rings (SSSR count). The number of hydrogen-bond acceptors (Lipinski definition) is 6. The average molecular weight is 319 g/mol. The second-order valence-corrected chi connectivity index (χ2v) is 4.60. The fourth-order valence-corrected chi connectivity index (χ4v) is 1.80. The molecule has 0 aliphatic rings. The molecule has 24 heavy (non-hydrogen) atoms. The molecule has 3 aromatic rings. The summed E-state index contributed by atoms with van der Waals surface area (Å²) in [4.78, 5) is 31.5. The molecule has 0 spiro atoms. The third-order valence-corrected chi connectivity index (χ3v) is 2.92. The number of ether oxygens (including phenoxy) is 2. The molecule has 0 amide bonds. The van der Waals surface area contributed by atoms with Gasteiger partial charge in [-0.05, 0) is 42.5 Å². The summed E-state index contributed by atoms with van der Waals surface area (Å²) >= 11 is 0. The van der Waals surface area contributed by atoms with Crippen LogP contribution in [0.3, 0.4) is 0 Å². The third kappa shape index (κ3) is 3.80. The Balaban J connectivity index is 1.63. The van der Waals surface area contributed by atoms with Gasteiger partial charge in [-0.25, -0.2) is 19.6 Å². The van der Waals surface area contributed by atoms with Gasteiger partial charge in [0.25, 0.3) is 0 Å². The van der Waals surface area contributed by atoms with Crippen LogP contribution in [0.4, 0.5) is 0 Å². The molecular weight excluding hydrogens is 308 g/mol. The molecular formula is C18H11N2O4. The number of carbonyl (C=O) groups is 2. The maximum atomic E-state index is 11.9. The molecule has 0 aliphatic carbocycles. The van der Waals surface area contributed by atoms with Crippen LogP contribution in [-0.2, 0) is 0 Å². The predicted molar refractivity (Wildman–Crippen MR) is 83.7 cm³/mol. The fraction of sp³-hybridized carbons (Fsp3) is 0. The molecule has 0 atom stereocenters. The van der Waals surface area contributed by atoms with Crippen LogP contribution in [0.1, 0.15) is 21.0 Å². The minimum Gasteiger partial charge on any atom is -0.422 e. The molecule has 6 nitrogen and oxygen atoms in total. The van der Waals surface area contributed by atoms with Gasteiger partial charge >= 0.3 is 11.9 Å². The summed E-state index contributed by atoms with van der Waals surface area (Å²) in [5.74, 6) is -0.709. The van der Waals surface area contributed by atoms with Crippen molar-refractivity contribution >= 4 is 11.9 Å². The lowest BCUT2D eigenvalue weighted by molar-refractivity contribution is 0.0713. The van der Waals surface area contributed by atoms with Gasteiger partial charge in [0.05, 0.1) is 0 Å². The highest BCUT2D eigenvalue weighted by molar-refractivity contribution is 5.89. The molecule has 0 saturated carbocycles. The second kappa shape index (κ2) is 7.15. The Morgan fingerprint density at radius 3 is 1.92 bits per heavy atom. The van der Waals surface area contributed by atoms with Crippen molar-refractivity contribution in [2.75, 3.05) is 0 Å². The quantitative estimate of drug-likeness (QED) is 0.543. The van der Waals surface area contributed by atoms with E-state index in [1.165, 1.54) is 30.6 Å². The van der Waals surface area contributed by atoms with Crippen LogP contribution < -0.4 is 9.47 Å². The molecule has 0 fully saturated rings. The van der Waals surface area contributed by atoms with Crippen LogP contribution in [0.15, 0.2) is 67.0 Å². The molecule has 0 bridgehead atoms. The summed E-state index contributed by atoms with van der Waals surface area (Å²) in [6, 6.07) is 17.0. The van der Waals surface area contributed by atoms with Gasteiger partial charge in [0, 0.05) is 18.5 Å². The summed E-state index contributed by atoms with van der Waals surface area (Å²) in [5, 5.41) is 0. The first kappa shape index (κ1) is 15.4. The lowest BCUT2D eigenvalue weighted by Crippen LogP contribution is -2.11. The number of nitrogens with zero attached hydrogens (tertiary/aromatic N) is 2. The number of hydrogen-bond donors (Lipinski definition) is 0. The molecule has 0 unspecified atom stereocenters. The number of pyridine rings is 2. The Labute approximate surface area is 137 Å². The lowest BCUT2D eigenvalue weighted by atomic mass is 10.3. The fourth-order valence-electron chi connectivity index (χ4n) is 1.80.